The molecule has 0 atom stereocenters. The molecule has 0 fully saturated rings. The minimum atomic E-state index is -1.07. The largest absolute Gasteiger partial charge is 0.496 e. The van der Waals surface area contributed by atoms with Gasteiger partial charge in [0.15, 0.2) is 16.8 Å². The molecule has 3 aromatic rings. The highest BCUT2D eigenvalue weighted by atomic mass is 32.1. The fourth-order valence-corrected chi connectivity index (χ4v) is 2.82. The van der Waals surface area contributed by atoms with Gasteiger partial charge in [-0.05, 0) is 30.3 Å². The Bertz CT molecular complexity index is 896. The number of carbonyl (C=O) groups excluding carboxylic acids is 1. The first-order valence-corrected chi connectivity index (χ1v) is 7.82. The van der Waals surface area contributed by atoms with Crippen molar-refractivity contribution in [3.05, 3.63) is 65.0 Å². The van der Waals surface area contributed by atoms with Crippen LogP contribution in [0.2, 0.25) is 0 Å². The number of hydrogen-bond donors (Lipinski definition) is 1. The van der Waals surface area contributed by atoms with E-state index in [4.69, 9.17) is 4.74 Å². The Labute approximate surface area is 140 Å². The zero-order chi connectivity index (χ0) is 17.1. The number of rotatable bonds is 4. The van der Waals surface area contributed by atoms with Crippen LogP contribution in [0.4, 0.5) is 13.9 Å². The van der Waals surface area contributed by atoms with Gasteiger partial charge in [0.1, 0.15) is 5.75 Å². The van der Waals surface area contributed by atoms with Crippen molar-refractivity contribution in [2.75, 3.05) is 12.4 Å². The molecule has 1 heterocycles. The van der Waals surface area contributed by atoms with E-state index in [0.29, 0.717) is 16.6 Å². The van der Waals surface area contributed by atoms with Gasteiger partial charge in [-0.15, -0.1) is 11.3 Å². The molecular formula is C17H12F2N2O2S. The molecule has 0 aliphatic rings. The fraction of sp³-hybridized carbons (Fsp3) is 0.0588. The number of anilines is 1. The van der Waals surface area contributed by atoms with Crippen molar-refractivity contribution in [1.29, 1.82) is 0 Å². The van der Waals surface area contributed by atoms with Gasteiger partial charge in [-0.3, -0.25) is 10.1 Å². The number of amides is 1. The number of ether oxygens (including phenoxy) is 1. The summed E-state index contributed by atoms with van der Waals surface area (Å²) in [6.45, 7) is 0. The van der Waals surface area contributed by atoms with Gasteiger partial charge >= 0.3 is 0 Å². The maximum Gasteiger partial charge on any atom is 0.257 e. The van der Waals surface area contributed by atoms with Crippen LogP contribution in [0.1, 0.15) is 10.4 Å². The molecule has 0 radical (unpaired) electrons. The molecule has 1 N–H and O–H groups in total. The lowest BCUT2D eigenvalue weighted by molar-refractivity contribution is 0.102. The lowest BCUT2D eigenvalue weighted by Crippen LogP contribution is -2.12. The predicted octanol–water partition coefficient (Wildman–Crippen LogP) is 4.35. The van der Waals surface area contributed by atoms with Crippen LogP contribution in [0.25, 0.3) is 11.3 Å². The minimum Gasteiger partial charge on any atom is -0.496 e. The maximum atomic E-state index is 13.2. The summed E-state index contributed by atoms with van der Waals surface area (Å²) >= 11 is 1.23. The van der Waals surface area contributed by atoms with Crippen molar-refractivity contribution in [1.82, 2.24) is 4.98 Å². The van der Waals surface area contributed by atoms with E-state index < -0.39 is 17.5 Å². The third-order valence-electron chi connectivity index (χ3n) is 3.29. The number of hydrogen-bond acceptors (Lipinski definition) is 4. The molecule has 2 aromatic carbocycles. The van der Waals surface area contributed by atoms with Crippen molar-refractivity contribution in [3.8, 4) is 17.0 Å². The molecular weight excluding hydrogens is 334 g/mol. The van der Waals surface area contributed by atoms with Gasteiger partial charge in [0.25, 0.3) is 5.91 Å². The fourth-order valence-electron chi connectivity index (χ4n) is 2.12. The quantitative estimate of drug-likeness (QED) is 0.764. The molecule has 4 nitrogen and oxygen atoms in total. The first-order valence-electron chi connectivity index (χ1n) is 6.94. The van der Waals surface area contributed by atoms with Gasteiger partial charge in [-0.2, -0.15) is 0 Å². The van der Waals surface area contributed by atoms with Gasteiger partial charge in [0, 0.05) is 16.5 Å². The van der Waals surface area contributed by atoms with E-state index in [0.717, 1.165) is 17.7 Å². The van der Waals surface area contributed by atoms with E-state index in [-0.39, 0.29) is 5.56 Å². The van der Waals surface area contributed by atoms with Crippen LogP contribution in [-0.2, 0) is 0 Å². The van der Waals surface area contributed by atoms with Gasteiger partial charge in [-0.25, -0.2) is 13.8 Å². The first-order chi connectivity index (χ1) is 11.6. The smallest absolute Gasteiger partial charge is 0.257 e. The first kappa shape index (κ1) is 16.1. The second kappa shape index (κ2) is 6.76. The topological polar surface area (TPSA) is 51.2 Å². The maximum absolute atomic E-state index is 13.2. The zero-order valence-corrected chi connectivity index (χ0v) is 13.4. The molecule has 0 aliphatic heterocycles. The standard InChI is InChI=1S/C17H12F2N2O2S/c1-23-15-5-3-2-4-11(15)14-9-24-17(20-14)21-16(22)10-6-7-12(18)13(19)8-10/h2-9H,1H3,(H,20,21,22). The number of methoxy groups -OCH3 is 1. The average Bonchev–Trinajstić information content (AvgIpc) is 3.05. The Morgan fingerprint density at radius 2 is 1.96 bits per heavy atom. The van der Waals surface area contributed by atoms with Crippen LogP contribution in [0, 0.1) is 11.6 Å². The minimum absolute atomic E-state index is 0.0166. The van der Waals surface area contributed by atoms with Gasteiger partial charge < -0.3 is 4.74 Å². The second-order valence-corrected chi connectivity index (χ2v) is 5.68. The highest BCUT2D eigenvalue weighted by Crippen LogP contribution is 2.32. The molecule has 1 aromatic heterocycles. The summed E-state index contributed by atoms with van der Waals surface area (Å²) in [6.07, 6.45) is 0. The van der Waals surface area contributed by atoms with Gasteiger partial charge in [0.2, 0.25) is 0 Å². The number of nitrogens with zero attached hydrogens (tertiary/aromatic N) is 1. The number of nitrogens with one attached hydrogen (secondary N) is 1. The highest BCUT2D eigenvalue weighted by Gasteiger charge is 2.13. The van der Waals surface area contributed by atoms with Crippen LogP contribution in [0.3, 0.4) is 0 Å². The zero-order valence-electron chi connectivity index (χ0n) is 12.5. The van der Waals surface area contributed by atoms with Crippen molar-refractivity contribution in [2.24, 2.45) is 0 Å². The summed E-state index contributed by atoms with van der Waals surface area (Å²) in [6, 6.07) is 10.3. The van der Waals surface area contributed by atoms with E-state index in [9.17, 15) is 13.6 Å². The van der Waals surface area contributed by atoms with E-state index in [1.165, 1.54) is 17.4 Å². The Kier molecular flexibility index (Phi) is 4.52. The van der Waals surface area contributed by atoms with Gasteiger partial charge in [0.05, 0.1) is 12.8 Å². The van der Waals surface area contributed by atoms with Crippen LogP contribution in [0.15, 0.2) is 47.8 Å². The summed E-state index contributed by atoms with van der Waals surface area (Å²) in [5, 5.41) is 4.70. The molecule has 0 aliphatic carbocycles. The molecule has 0 spiro atoms. The normalized spacial score (nSPS) is 10.5. The summed E-state index contributed by atoms with van der Waals surface area (Å²) in [5.41, 5.74) is 1.46. The van der Waals surface area contributed by atoms with Crippen LogP contribution < -0.4 is 10.1 Å². The Balaban J connectivity index is 1.81. The molecule has 122 valence electrons. The van der Waals surface area contributed by atoms with Gasteiger partial charge in [-0.1, -0.05) is 12.1 Å². The van der Waals surface area contributed by atoms with Crippen molar-refractivity contribution >= 4 is 22.4 Å². The predicted molar refractivity (Wildman–Crippen MR) is 88.4 cm³/mol. The third kappa shape index (κ3) is 3.26. The lowest BCUT2D eigenvalue weighted by atomic mass is 10.1. The Morgan fingerprint density at radius 1 is 1.17 bits per heavy atom. The number of para-hydroxylation sites is 1. The van der Waals surface area contributed by atoms with Crippen LogP contribution in [-0.4, -0.2) is 18.0 Å². The number of carbonyl (C=O) groups is 1. The van der Waals surface area contributed by atoms with Crippen molar-refractivity contribution in [2.45, 2.75) is 0 Å². The van der Waals surface area contributed by atoms with E-state index in [1.54, 1.807) is 12.5 Å². The SMILES string of the molecule is COc1ccccc1-c1csc(NC(=O)c2ccc(F)c(F)c2)n1. The molecule has 7 heteroatoms. The highest BCUT2D eigenvalue weighted by molar-refractivity contribution is 7.14. The van der Waals surface area contributed by atoms with Crippen molar-refractivity contribution in [3.63, 3.8) is 0 Å². The molecule has 3 rings (SSSR count). The summed E-state index contributed by atoms with van der Waals surface area (Å²) in [5.74, 6) is -1.97. The number of aromatic nitrogens is 1. The molecule has 24 heavy (non-hydrogen) atoms. The Hall–Kier alpha value is -2.80. The average molecular weight is 346 g/mol. The molecule has 0 unspecified atom stereocenters. The van der Waals surface area contributed by atoms with E-state index in [1.807, 2.05) is 24.3 Å². The molecule has 0 saturated carbocycles. The lowest BCUT2D eigenvalue weighted by Gasteiger charge is -2.05. The number of thiazole rings is 1. The Morgan fingerprint density at radius 3 is 2.71 bits per heavy atom. The second-order valence-electron chi connectivity index (χ2n) is 4.82. The third-order valence-corrected chi connectivity index (χ3v) is 4.05. The molecule has 0 bridgehead atoms. The summed E-state index contributed by atoms with van der Waals surface area (Å²) in [7, 11) is 1.57. The van der Waals surface area contributed by atoms with Crippen LogP contribution >= 0.6 is 11.3 Å². The number of halogens is 2. The van der Waals surface area contributed by atoms with Crippen molar-refractivity contribution < 1.29 is 18.3 Å². The summed E-state index contributed by atoms with van der Waals surface area (Å²) in [4.78, 5) is 16.4. The monoisotopic (exact) mass is 346 g/mol. The summed E-state index contributed by atoms with van der Waals surface area (Å²) < 4.78 is 31.4. The number of benzene rings is 2. The van der Waals surface area contributed by atoms with E-state index >= 15 is 0 Å². The molecule has 0 saturated heterocycles. The molecule has 1 amide bonds. The van der Waals surface area contributed by atoms with E-state index in [2.05, 4.69) is 10.3 Å². The van der Waals surface area contributed by atoms with Crippen LogP contribution in [0.5, 0.6) is 5.75 Å².